The number of carbonyl (C=O) groups is 1. The molecule has 0 radical (unpaired) electrons. The van der Waals surface area contributed by atoms with Gasteiger partial charge in [-0.05, 0) is 0 Å². The predicted octanol–water partition coefficient (Wildman–Crippen LogP) is 0.506. The first-order valence-corrected chi connectivity index (χ1v) is 2.57. The highest BCUT2D eigenvalue weighted by atomic mass is 127. The summed E-state index contributed by atoms with van der Waals surface area (Å²) in [5, 5.41) is 7.71. The summed E-state index contributed by atoms with van der Waals surface area (Å²) in [6, 6.07) is 0. The van der Waals surface area contributed by atoms with Gasteiger partial charge < -0.3 is 5.11 Å². The Morgan fingerprint density at radius 3 is 2.20 bits per heavy atom. The minimum Gasteiger partial charge on any atom is -0.481 e. The summed E-state index contributed by atoms with van der Waals surface area (Å²) in [5.41, 5.74) is 0. The van der Waals surface area contributed by atoms with Crippen molar-refractivity contribution in [1.29, 1.82) is 0 Å². The van der Waals surface area contributed by atoms with Crippen LogP contribution in [0.4, 0.5) is 0 Å². The summed E-state index contributed by atoms with van der Waals surface area (Å²) in [7, 11) is 0. The number of rotatable bonds is 1. The van der Waals surface area contributed by atoms with Crippen molar-refractivity contribution in [2.24, 2.45) is 0 Å². The first-order chi connectivity index (χ1) is 2.27. The van der Waals surface area contributed by atoms with Crippen molar-refractivity contribution in [3.8, 4) is 0 Å². The van der Waals surface area contributed by atoms with Crippen molar-refractivity contribution in [3.63, 3.8) is 0 Å². The fourth-order valence-electron chi connectivity index (χ4n) is 0. The summed E-state index contributed by atoms with van der Waals surface area (Å²) < 4.78 is 0.192. The quantitative estimate of drug-likeness (QED) is 0.480. The standard InChI is InChI=1S/C2H3IO2/c3-1-2(4)5/h1H2,(H,4,5)/i1+2. The zero-order valence-electron chi connectivity index (χ0n) is 2.44. The van der Waals surface area contributed by atoms with Crippen LogP contribution in [-0.4, -0.2) is 15.5 Å². The van der Waals surface area contributed by atoms with Gasteiger partial charge in [0.15, 0.2) is 0 Å². The molecule has 0 rings (SSSR count). The summed E-state index contributed by atoms with van der Waals surface area (Å²) in [4.78, 5) is 9.36. The molecule has 0 aromatic heterocycles. The Balaban J connectivity index is 2.85. The van der Waals surface area contributed by atoms with E-state index in [1.165, 1.54) is 0 Å². The molecule has 0 aliphatic rings. The fraction of sp³-hybridized carbons (Fsp3) is 0.500. The molecule has 0 amide bonds. The third-order valence-electron chi connectivity index (χ3n) is 0.114. The Kier molecular flexibility index (Phi) is 2.54. The van der Waals surface area contributed by atoms with E-state index in [1.807, 2.05) is 0 Å². The van der Waals surface area contributed by atoms with Crippen LogP contribution in [0, 0.1) is 0 Å². The monoisotopic (exact) mass is 188 g/mol. The maximum atomic E-state index is 9.36. The highest BCUT2D eigenvalue weighted by molar-refractivity contribution is 14.1. The van der Waals surface area contributed by atoms with Gasteiger partial charge in [-0.1, -0.05) is 22.6 Å². The summed E-state index contributed by atoms with van der Waals surface area (Å²) in [6.07, 6.45) is 0. The van der Waals surface area contributed by atoms with E-state index >= 15 is 0 Å². The van der Waals surface area contributed by atoms with Crippen LogP contribution in [0.5, 0.6) is 0 Å². The van der Waals surface area contributed by atoms with E-state index in [-0.39, 0.29) is 4.43 Å². The summed E-state index contributed by atoms with van der Waals surface area (Å²) in [6.45, 7) is 0. The van der Waals surface area contributed by atoms with E-state index in [1.54, 1.807) is 22.6 Å². The second-order valence-electron chi connectivity index (χ2n) is 0.527. The molecule has 0 saturated carbocycles. The molecule has 0 fully saturated rings. The Morgan fingerprint density at radius 1 is 2.00 bits per heavy atom. The number of hydrogen-bond acceptors (Lipinski definition) is 1. The van der Waals surface area contributed by atoms with Crippen molar-refractivity contribution in [2.45, 2.75) is 0 Å². The molecule has 2 nitrogen and oxygen atoms in total. The van der Waals surface area contributed by atoms with E-state index in [9.17, 15) is 4.79 Å². The predicted molar refractivity (Wildman–Crippen MR) is 26.5 cm³/mol. The van der Waals surface area contributed by atoms with Gasteiger partial charge in [0.25, 0.3) is 0 Å². The molecule has 5 heavy (non-hydrogen) atoms. The minimum atomic E-state index is -0.759. The Labute approximate surface area is 43.3 Å². The van der Waals surface area contributed by atoms with E-state index in [0.717, 1.165) is 0 Å². The highest BCUT2D eigenvalue weighted by Gasteiger charge is 1.82. The number of carboxylic acid groups (broad SMARTS) is 1. The Morgan fingerprint density at radius 2 is 2.20 bits per heavy atom. The molecule has 0 aromatic rings. The third kappa shape index (κ3) is 4.20. The van der Waals surface area contributed by atoms with Gasteiger partial charge in [-0.2, -0.15) is 0 Å². The number of hydrogen-bond donors (Lipinski definition) is 1. The van der Waals surface area contributed by atoms with Gasteiger partial charge in [-0.3, -0.25) is 4.79 Å². The number of halogens is 1. The summed E-state index contributed by atoms with van der Waals surface area (Å²) in [5.74, 6) is -0.759. The van der Waals surface area contributed by atoms with Crippen LogP contribution in [0.25, 0.3) is 0 Å². The first kappa shape index (κ1) is 5.20. The Bertz CT molecular complexity index is 42.9. The van der Waals surface area contributed by atoms with Crippen LogP contribution < -0.4 is 0 Å². The van der Waals surface area contributed by atoms with Crippen molar-refractivity contribution in [3.05, 3.63) is 0 Å². The van der Waals surface area contributed by atoms with Crippen molar-refractivity contribution in [1.82, 2.24) is 0 Å². The van der Waals surface area contributed by atoms with Gasteiger partial charge in [0.1, 0.15) is 0 Å². The molecule has 0 atom stereocenters. The smallest absolute Gasteiger partial charge is 0.313 e. The number of aliphatic carboxylic acids is 1. The lowest BCUT2D eigenvalue weighted by atomic mass is 11.3. The molecule has 3 heteroatoms. The lowest BCUT2D eigenvalue weighted by Crippen LogP contribution is -1.91. The fourth-order valence-corrected chi connectivity index (χ4v) is 0. The van der Waals surface area contributed by atoms with Gasteiger partial charge in [0.2, 0.25) is 0 Å². The topological polar surface area (TPSA) is 37.3 Å². The van der Waals surface area contributed by atoms with Gasteiger partial charge in [-0.25, -0.2) is 0 Å². The molecule has 0 bridgehead atoms. The molecule has 0 aliphatic carbocycles. The van der Waals surface area contributed by atoms with Crippen LogP contribution in [0.2, 0.25) is 0 Å². The zero-order chi connectivity index (χ0) is 4.28. The number of alkyl halides is 1. The number of carboxylic acids is 1. The van der Waals surface area contributed by atoms with E-state index in [4.69, 9.17) is 5.11 Å². The maximum Gasteiger partial charge on any atom is 0.313 e. The molecular formula is C2H3IO2. The molecule has 30 valence electrons. The average molecular weight is 188 g/mol. The molecule has 0 saturated heterocycles. The van der Waals surface area contributed by atoms with E-state index in [2.05, 4.69) is 0 Å². The first-order valence-electron chi connectivity index (χ1n) is 1.05. The molecule has 1 N–H and O–H groups in total. The van der Waals surface area contributed by atoms with Gasteiger partial charge >= 0.3 is 5.97 Å². The Hall–Kier alpha value is 0.200. The van der Waals surface area contributed by atoms with E-state index in [0.29, 0.717) is 0 Å². The second-order valence-corrected chi connectivity index (χ2v) is 1.29. The molecule has 0 heterocycles. The molecular weight excluding hydrogens is 185 g/mol. The van der Waals surface area contributed by atoms with Crippen LogP contribution in [-0.2, 0) is 4.79 Å². The molecule has 0 aromatic carbocycles. The lowest BCUT2D eigenvalue weighted by molar-refractivity contribution is -0.133. The van der Waals surface area contributed by atoms with Crippen LogP contribution in [0.1, 0.15) is 0 Å². The van der Waals surface area contributed by atoms with Gasteiger partial charge in [-0.15, -0.1) is 0 Å². The normalized spacial score (nSPS) is 7.40. The van der Waals surface area contributed by atoms with E-state index < -0.39 is 5.97 Å². The van der Waals surface area contributed by atoms with Crippen LogP contribution in [0.3, 0.4) is 0 Å². The lowest BCUT2D eigenvalue weighted by Gasteiger charge is -1.70. The van der Waals surface area contributed by atoms with Crippen molar-refractivity contribution < 1.29 is 9.90 Å². The van der Waals surface area contributed by atoms with Gasteiger partial charge in [0, 0.05) is 0 Å². The maximum absolute atomic E-state index is 9.36. The van der Waals surface area contributed by atoms with Crippen molar-refractivity contribution >= 4 is 28.6 Å². The molecule has 0 unspecified atom stereocenters. The molecule has 0 spiro atoms. The SMILES string of the molecule is O=C(O)[14CH2]I. The average Bonchev–Trinajstić information content (AvgIpc) is 1.38. The molecule has 0 aliphatic heterocycles. The minimum absolute atomic E-state index is 0.192. The largest absolute Gasteiger partial charge is 0.481 e. The third-order valence-corrected chi connectivity index (χ3v) is 0.767. The van der Waals surface area contributed by atoms with Gasteiger partial charge in [0.05, 0.1) is 4.43 Å². The van der Waals surface area contributed by atoms with Crippen molar-refractivity contribution in [2.75, 3.05) is 4.43 Å². The summed E-state index contributed by atoms with van der Waals surface area (Å²) >= 11 is 1.78. The van der Waals surface area contributed by atoms with Crippen LogP contribution in [0.15, 0.2) is 0 Å². The zero-order valence-corrected chi connectivity index (χ0v) is 4.60. The second kappa shape index (κ2) is 2.44. The van der Waals surface area contributed by atoms with Crippen LogP contribution >= 0.6 is 22.6 Å². The highest BCUT2D eigenvalue weighted by Crippen LogP contribution is 1.75.